The molecule has 0 spiro atoms. The summed E-state index contributed by atoms with van der Waals surface area (Å²) >= 11 is 0. The second-order valence-electron chi connectivity index (χ2n) is 26.9. The van der Waals surface area contributed by atoms with Gasteiger partial charge in [0.15, 0.2) is 67.7 Å². The summed E-state index contributed by atoms with van der Waals surface area (Å²) in [5, 5.41) is 2.98. The number of hydrogen-bond acceptors (Lipinski definition) is 24. The third kappa shape index (κ3) is 29.8. The fourth-order valence-electron chi connectivity index (χ4n) is 11.1. The molecule has 0 aromatic rings. The van der Waals surface area contributed by atoms with Crippen molar-refractivity contribution in [3.63, 3.8) is 0 Å². The predicted molar refractivity (Wildman–Crippen MR) is 339 cm³/mol. The maximum atomic E-state index is 14.9. The SMILES string of the molecule is CCCCCCCCCCCCNC(=O)CN(CCCCCCCCCCCC)C(=O)CO[C@@H]1O[C@H](COC(=O)C(C)(C)C)[C@@H](O[C@@H]2O[C@@H](C)[C@H](OC(C)=O)[C@@H](OC(C)=O)[C@H]2OC(C)=O)[C@H](OC(=O)C(C)(C)C)[C@H]1O[C@@H]1O[C@@H](C)[C@H](OC(C)=O)[C@@H](OC(C)=O)[C@H]1OC(C)=O. The highest BCUT2D eigenvalue weighted by molar-refractivity contribution is 5.85. The summed E-state index contributed by atoms with van der Waals surface area (Å²) in [5.41, 5.74) is -2.46. The molecule has 26 nitrogen and oxygen atoms in total. The Morgan fingerprint density at radius 2 is 0.766 bits per heavy atom. The zero-order chi connectivity index (χ0) is 70.3. The monoisotopic (exact) mass is 1340 g/mol. The first-order valence-corrected chi connectivity index (χ1v) is 34.1. The number of unbranched alkanes of at least 4 members (excludes halogenated alkanes) is 18. The van der Waals surface area contributed by atoms with Crippen molar-refractivity contribution < 1.29 is 114 Å². The average Bonchev–Trinajstić information content (AvgIpc) is 0.767. The highest BCUT2D eigenvalue weighted by Gasteiger charge is 2.60. The summed E-state index contributed by atoms with van der Waals surface area (Å²) in [6.07, 6.45) is -3.70. The van der Waals surface area contributed by atoms with Gasteiger partial charge in [0.25, 0.3) is 0 Å². The van der Waals surface area contributed by atoms with Gasteiger partial charge in [-0.3, -0.25) is 47.9 Å². The molecule has 0 aliphatic carbocycles. The van der Waals surface area contributed by atoms with Crippen LogP contribution in [0.4, 0.5) is 0 Å². The van der Waals surface area contributed by atoms with Crippen molar-refractivity contribution in [1.82, 2.24) is 10.2 Å². The molecule has 0 radical (unpaired) electrons. The van der Waals surface area contributed by atoms with Crippen molar-refractivity contribution in [2.45, 2.75) is 331 Å². The molecule has 2 amide bonds. The second kappa shape index (κ2) is 42.2. The molecule has 3 aliphatic heterocycles. The molecule has 0 saturated carbocycles. The zero-order valence-corrected chi connectivity index (χ0v) is 59.1. The van der Waals surface area contributed by atoms with Gasteiger partial charge >= 0.3 is 47.8 Å². The molecule has 3 aliphatic rings. The van der Waals surface area contributed by atoms with Crippen LogP contribution in [0.25, 0.3) is 0 Å². The Bertz CT molecular complexity index is 2370. The number of rotatable bonds is 40. The van der Waals surface area contributed by atoms with Gasteiger partial charge in [-0.05, 0) is 68.2 Å². The van der Waals surface area contributed by atoms with Crippen molar-refractivity contribution in [3.8, 4) is 0 Å². The minimum atomic E-state index is -1.93. The second-order valence-corrected chi connectivity index (χ2v) is 26.9. The molecule has 3 heterocycles. The van der Waals surface area contributed by atoms with Crippen molar-refractivity contribution >= 4 is 59.6 Å². The van der Waals surface area contributed by atoms with E-state index in [2.05, 4.69) is 19.2 Å². The molecule has 1 N–H and O–H groups in total. The highest BCUT2D eigenvalue weighted by Crippen LogP contribution is 2.39. The maximum absolute atomic E-state index is 14.9. The van der Waals surface area contributed by atoms with E-state index in [-0.39, 0.29) is 13.1 Å². The first-order valence-electron chi connectivity index (χ1n) is 34.1. The van der Waals surface area contributed by atoms with Crippen LogP contribution in [-0.2, 0) is 114 Å². The van der Waals surface area contributed by atoms with Gasteiger partial charge in [-0.25, -0.2) is 0 Å². The summed E-state index contributed by atoms with van der Waals surface area (Å²) in [6, 6.07) is 0. The first kappa shape index (κ1) is 82.7. The van der Waals surface area contributed by atoms with Gasteiger partial charge in [0.1, 0.15) is 25.4 Å². The Morgan fingerprint density at radius 1 is 0.404 bits per heavy atom. The van der Waals surface area contributed by atoms with E-state index in [1.807, 2.05) is 0 Å². The Hall–Kier alpha value is -5.54. The van der Waals surface area contributed by atoms with Crippen LogP contribution < -0.4 is 5.32 Å². The third-order valence-corrected chi connectivity index (χ3v) is 16.0. The summed E-state index contributed by atoms with van der Waals surface area (Å²) < 4.78 is 86.0. The van der Waals surface area contributed by atoms with Gasteiger partial charge in [-0.1, -0.05) is 129 Å². The Kier molecular flexibility index (Phi) is 37.1. The van der Waals surface area contributed by atoms with Crippen molar-refractivity contribution in [1.29, 1.82) is 0 Å². The Labute approximate surface area is 557 Å². The number of ether oxygens (including phenoxy) is 14. The van der Waals surface area contributed by atoms with Crippen LogP contribution in [0.15, 0.2) is 0 Å². The quantitative estimate of drug-likeness (QED) is 0.0340. The van der Waals surface area contributed by atoms with Crippen LogP contribution in [0.5, 0.6) is 0 Å². The molecule has 0 unspecified atom stereocenters. The zero-order valence-electron chi connectivity index (χ0n) is 59.1. The lowest BCUT2D eigenvalue weighted by atomic mass is 9.94. The molecule has 15 atom stereocenters. The molecule has 3 saturated heterocycles. The van der Waals surface area contributed by atoms with Crippen LogP contribution in [0, 0.1) is 10.8 Å². The number of nitrogens with zero attached hydrogens (tertiary/aromatic N) is 1. The van der Waals surface area contributed by atoms with E-state index in [1.165, 1.54) is 97.3 Å². The molecule has 0 bridgehead atoms. The van der Waals surface area contributed by atoms with Gasteiger partial charge in [0.05, 0.1) is 29.6 Å². The van der Waals surface area contributed by atoms with E-state index < -0.39 is 176 Å². The normalized spacial score (nSPS) is 26.2. The van der Waals surface area contributed by atoms with Crippen molar-refractivity contribution in [2.75, 3.05) is 32.8 Å². The summed E-state index contributed by atoms with van der Waals surface area (Å²) in [7, 11) is 0. The minimum absolute atomic E-state index is 0.164. The molecular weight excluding hydrogens is 1230 g/mol. The van der Waals surface area contributed by atoms with Gasteiger partial charge < -0.3 is 76.5 Å². The standard InChI is InChI=1S/C68H114N2O24/c1-17-19-21-23-25-27-29-31-33-35-37-69-51(77)39-70(38-36-34-32-30-28-26-24-22-20-18-2)52(78)41-81-62-59(93-64-61(90-49(10)76)57(88-47(8)74)54(43(4)84-64)86-45(6)72)58(94-66(80)68(14,15)16)55(50(91-62)40-82-65(79)67(11,12)13)92-63-60(89-48(9)75)56(87-46(7)73)53(42(3)83-63)85-44(5)71/h42-43,50,53-64H,17-41H2,1-16H3,(H,69,77)/t42-,43-,50+,53-,54-,55+,56+,57+,58-,59+,60+,61+,62+,63-,64-/m0/s1. The fourth-order valence-corrected chi connectivity index (χ4v) is 11.1. The Balaban J connectivity index is 2.29. The van der Waals surface area contributed by atoms with E-state index in [0.29, 0.717) is 13.0 Å². The molecule has 0 aromatic carbocycles. The van der Waals surface area contributed by atoms with Gasteiger partial charge in [-0.15, -0.1) is 0 Å². The Morgan fingerprint density at radius 3 is 1.17 bits per heavy atom. The maximum Gasteiger partial charge on any atom is 0.311 e. The summed E-state index contributed by atoms with van der Waals surface area (Å²) in [4.78, 5) is 136. The van der Waals surface area contributed by atoms with Crippen LogP contribution in [-0.4, -0.2) is 189 Å². The minimum Gasteiger partial charge on any atom is -0.462 e. The van der Waals surface area contributed by atoms with E-state index in [0.717, 1.165) is 106 Å². The van der Waals surface area contributed by atoms with Gasteiger partial charge in [0.2, 0.25) is 11.8 Å². The number of carbonyl (C=O) groups excluding carboxylic acids is 10. The number of esters is 8. The van der Waals surface area contributed by atoms with E-state index in [9.17, 15) is 47.9 Å². The van der Waals surface area contributed by atoms with E-state index >= 15 is 0 Å². The molecule has 26 heteroatoms. The lowest BCUT2D eigenvalue weighted by molar-refractivity contribution is -0.385. The fraction of sp³-hybridized carbons (Fsp3) is 0.853. The molecule has 94 heavy (non-hydrogen) atoms. The van der Waals surface area contributed by atoms with Crippen molar-refractivity contribution in [2.24, 2.45) is 10.8 Å². The topological polar surface area (TPSA) is 315 Å². The number of hydrogen-bond donors (Lipinski definition) is 1. The van der Waals surface area contributed by atoms with Gasteiger partial charge in [-0.2, -0.15) is 0 Å². The van der Waals surface area contributed by atoms with Crippen LogP contribution in [0.3, 0.4) is 0 Å². The van der Waals surface area contributed by atoms with E-state index in [1.54, 1.807) is 20.8 Å². The molecule has 3 rings (SSSR count). The molecule has 0 aromatic heterocycles. The lowest BCUT2D eigenvalue weighted by Crippen LogP contribution is -2.68. The number of carbonyl (C=O) groups is 10. The number of amides is 2. The molecule has 3 fully saturated rings. The summed E-state index contributed by atoms with van der Waals surface area (Å²) in [5.74, 6) is -8.03. The number of nitrogens with one attached hydrogen (secondary N) is 1. The molecule has 540 valence electrons. The van der Waals surface area contributed by atoms with Crippen LogP contribution >= 0.6 is 0 Å². The third-order valence-electron chi connectivity index (χ3n) is 16.0. The van der Waals surface area contributed by atoms with Crippen LogP contribution in [0.1, 0.15) is 239 Å². The van der Waals surface area contributed by atoms with E-state index in [4.69, 9.17) is 66.3 Å². The first-order chi connectivity index (χ1) is 44.3. The van der Waals surface area contributed by atoms with Crippen molar-refractivity contribution in [3.05, 3.63) is 0 Å². The summed E-state index contributed by atoms with van der Waals surface area (Å²) in [6.45, 7) is 21.8. The highest BCUT2D eigenvalue weighted by atomic mass is 16.8. The van der Waals surface area contributed by atoms with Crippen LogP contribution in [0.2, 0.25) is 0 Å². The molecular formula is C68H114N2O24. The predicted octanol–water partition coefficient (Wildman–Crippen LogP) is 8.91. The smallest absolute Gasteiger partial charge is 0.311 e. The largest absolute Gasteiger partial charge is 0.462 e. The van der Waals surface area contributed by atoms with Gasteiger partial charge in [0, 0.05) is 54.6 Å². The lowest BCUT2D eigenvalue weighted by Gasteiger charge is -2.50. The average molecular weight is 1340 g/mol.